The Bertz CT molecular complexity index is 1510. The number of aromatic nitrogens is 1. The van der Waals surface area contributed by atoms with Gasteiger partial charge in [0.25, 0.3) is 5.91 Å². The van der Waals surface area contributed by atoms with Crippen LogP contribution in [0.3, 0.4) is 0 Å². The van der Waals surface area contributed by atoms with E-state index >= 15 is 0 Å². The summed E-state index contributed by atoms with van der Waals surface area (Å²) in [6, 6.07) is 32.5. The van der Waals surface area contributed by atoms with Gasteiger partial charge in [0.15, 0.2) is 0 Å². The van der Waals surface area contributed by atoms with Crippen LogP contribution in [0, 0.1) is 0 Å². The van der Waals surface area contributed by atoms with Crippen molar-refractivity contribution in [1.82, 2.24) is 4.57 Å². The lowest BCUT2D eigenvalue weighted by molar-refractivity contribution is 0.0985. The van der Waals surface area contributed by atoms with Crippen molar-refractivity contribution >= 4 is 34.0 Å². The average Bonchev–Trinajstić information content (AvgIpc) is 3.22. The van der Waals surface area contributed by atoms with Gasteiger partial charge in [-0.1, -0.05) is 78.3 Å². The molecule has 0 atom stereocenters. The van der Waals surface area contributed by atoms with Gasteiger partial charge < -0.3 is 9.47 Å². The first-order valence-electron chi connectivity index (χ1n) is 11.0. The molecule has 4 heteroatoms. The second-order valence-electron chi connectivity index (χ2n) is 8.37. The molecule has 2 heterocycles. The molecule has 5 aromatic rings. The predicted molar refractivity (Wildman–Crippen MR) is 135 cm³/mol. The van der Waals surface area contributed by atoms with Gasteiger partial charge in [-0.15, -0.1) is 0 Å². The van der Waals surface area contributed by atoms with E-state index in [1.165, 1.54) is 5.39 Å². The first-order valence-corrected chi connectivity index (χ1v) is 11.4. The van der Waals surface area contributed by atoms with Gasteiger partial charge in [-0.25, -0.2) is 0 Å². The third kappa shape index (κ3) is 3.42. The zero-order valence-electron chi connectivity index (χ0n) is 17.9. The van der Waals surface area contributed by atoms with Crippen molar-refractivity contribution in [2.45, 2.75) is 13.1 Å². The van der Waals surface area contributed by atoms with Crippen LogP contribution in [0.2, 0.25) is 5.02 Å². The molecule has 0 radical (unpaired) electrons. The van der Waals surface area contributed by atoms with E-state index in [2.05, 4.69) is 47.2 Å². The van der Waals surface area contributed by atoms with E-state index in [1.54, 1.807) is 0 Å². The fourth-order valence-electron chi connectivity index (χ4n) is 4.75. The van der Waals surface area contributed by atoms with E-state index < -0.39 is 0 Å². The topological polar surface area (TPSA) is 25.2 Å². The Kier molecular flexibility index (Phi) is 4.78. The largest absolute Gasteiger partial charge is 0.345 e. The van der Waals surface area contributed by atoms with Crippen LogP contribution in [0.4, 0.5) is 5.69 Å². The molecule has 0 saturated heterocycles. The summed E-state index contributed by atoms with van der Waals surface area (Å²) in [4.78, 5) is 15.6. The molecule has 0 N–H and O–H groups in total. The molecule has 4 aromatic carbocycles. The van der Waals surface area contributed by atoms with E-state index in [1.807, 2.05) is 65.6 Å². The van der Waals surface area contributed by atoms with Crippen LogP contribution in [0.5, 0.6) is 0 Å². The summed E-state index contributed by atoms with van der Waals surface area (Å²) in [7, 11) is 0. The van der Waals surface area contributed by atoms with E-state index in [4.69, 9.17) is 11.6 Å². The molecule has 1 aromatic heterocycles. The SMILES string of the molecule is O=C(c1ccc(-c2cccc3ccccc23)cc1Cl)N1Cc2cccn2Cc2ccccc21. The van der Waals surface area contributed by atoms with Crippen molar-refractivity contribution < 1.29 is 4.79 Å². The van der Waals surface area contributed by atoms with Crippen molar-refractivity contribution in [2.75, 3.05) is 4.90 Å². The van der Waals surface area contributed by atoms with Crippen LogP contribution < -0.4 is 4.90 Å². The maximum absolute atomic E-state index is 13.8. The molecule has 0 spiro atoms. The molecule has 3 nitrogen and oxygen atoms in total. The number of amides is 1. The Labute approximate surface area is 197 Å². The lowest BCUT2D eigenvalue weighted by Gasteiger charge is -2.23. The summed E-state index contributed by atoms with van der Waals surface area (Å²) in [6.45, 7) is 1.25. The highest BCUT2D eigenvalue weighted by molar-refractivity contribution is 6.35. The number of nitrogens with zero attached hydrogens (tertiary/aromatic N) is 2. The molecular formula is C29H21ClN2O. The molecule has 0 fully saturated rings. The highest BCUT2D eigenvalue weighted by atomic mass is 35.5. The van der Waals surface area contributed by atoms with Gasteiger partial charge >= 0.3 is 0 Å². The standard InChI is InChI=1S/C29H21ClN2O/c30-27-17-21(25-12-5-9-20-7-1-3-11-24(20)25)14-15-26(27)29(33)32-19-23-10-6-16-31(23)18-22-8-2-4-13-28(22)32/h1-17H,18-19H2. The van der Waals surface area contributed by atoms with Crippen molar-refractivity contribution in [3.63, 3.8) is 0 Å². The number of carbonyl (C=O) groups is 1. The van der Waals surface area contributed by atoms with Crippen molar-refractivity contribution in [3.8, 4) is 11.1 Å². The highest BCUT2D eigenvalue weighted by Crippen LogP contribution is 2.34. The van der Waals surface area contributed by atoms with Crippen molar-refractivity contribution in [3.05, 3.63) is 125 Å². The molecule has 0 saturated carbocycles. The second-order valence-corrected chi connectivity index (χ2v) is 8.78. The zero-order valence-corrected chi connectivity index (χ0v) is 18.7. The maximum atomic E-state index is 13.8. The van der Waals surface area contributed by atoms with Crippen LogP contribution >= 0.6 is 11.6 Å². The van der Waals surface area contributed by atoms with Crippen molar-refractivity contribution in [1.29, 1.82) is 0 Å². The van der Waals surface area contributed by atoms with E-state index in [0.29, 0.717) is 17.1 Å². The van der Waals surface area contributed by atoms with Gasteiger partial charge in [-0.3, -0.25) is 4.79 Å². The smallest absolute Gasteiger partial charge is 0.260 e. The molecule has 160 valence electrons. The lowest BCUT2D eigenvalue weighted by atomic mass is 9.97. The van der Waals surface area contributed by atoms with Crippen LogP contribution in [-0.2, 0) is 13.1 Å². The van der Waals surface area contributed by atoms with Gasteiger partial charge in [0.05, 0.1) is 17.1 Å². The van der Waals surface area contributed by atoms with Crippen LogP contribution in [0.1, 0.15) is 21.6 Å². The van der Waals surface area contributed by atoms with E-state index in [-0.39, 0.29) is 5.91 Å². The molecule has 0 aliphatic carbocycles. The number of benzene rings is 4. The van der Waals surface area contributed by atoms with E-state index in [0.717, 1.165) is 40.0 Å². The summed E-state index contributed by atoms with van der Waals surface area (Å²) in [5.41, 5.74) is 5.76. The number of carbonyl (C=O) groups excluding carboxylic acids is 1. The van der Waals surface area contributed by atoms with E-state index in [9.17, 15) is 4.79 Å². The molecule has 0 bridgehead atoms. The molecular weight excluding hydrogens is 428 g/mol. The number of fused-ring (bicyclic) bond motifs is 3. The molecule has 33 heavy (non-hydrogen) atoms. The minimum Gasteiger partial charge on any atom is -0.345 e. The fourth-order valence-corrected chi connectivity index (χ4v) is 5.01. The lowest BCUT2D eigenvalue weighted by Crippen LogP contribution is -2.30. The number of hydrogen-bond acceptors (Lipinski definition) is 1. The monoisotopic (exact) mass is 448 g/mol. The van der Waals surface area contributed by atoms with Gasteiger partial charge in [-0.2, -0.15) is 0 Å². The molecule has 1 aliphatic heterocycles. The van der Waals surface area contributed by atoms with Crippen LogP contribution in [0.15, 0.2) is 103 Å². The Morgan fingerprint density at radius 3 is 2.52 bits per heavy atom. The quantitative estimate of drug-likeness (QED) is 0.281. The number of anilines is 1. The first-order chi connectivity index (χ1) is 16.2. The number of para-hydroxylation sites is 1. The summed E-state index contributed by atoms with van der Waals surface area (Å²) in [5, 5.41) is 2.80. The molecule has 6 rings (SSSR count). The van der Waals surface area contributed by atoms with Crippen LogP contribution in [0.25, 0.3) is 21.9 Å². The summed E-state index contributed by atoms with van der Waals surface area (Å²) < 4.78 is 2.19. The van der Waals surface area contributed by atoms with Crippen molar-refractivity contribution in [2.24, 2.45) is 0 Å². The predicted octanol–water partition coefficient (Wildman–Crippen LogP) is 7.17. The number of rotatable bonds is 2. The number of halogens is 1. The Morgan fingerprint density at radius 2 is 1.61 bits per heavy atom. The third-order valence-corrected chi connectivity index (χ3v) is 6.72. The fraction of sp³-hybridized carbons (Fsp3) is 0.0690. The minimum atomic E-state index is -0.0911. The maximum Gasteiger partial charge on any atom is 0.260 e. The van der Waals surface area contributed by atoms with Gasteiger partial charge in [-0.05, 0) is 57.8 Å². The molecule has 0 unspecified atom stereocenters. The minimum absolute atomic E-state index is 0.0911. The third-order valence-electron chi connectivity index (χ3n) is 6.41. The average molecular weight is 449 g/mol. The van der Waals surface area contributed by atoms with Gasteiger partial charge in [0.1, 0.15) is 0 Å². The first kappa shape index (κ1) is 19.8. The summed E-state index contributed by atoms with van der Waals surface area (Å²) in [6.07, 6.45) is 2.06. The van der Waals surface area contributed by atoms with Gasteiger partial charge in [0, 0.05) is 24.1 Å². The zero-order chi connectivity index (χ0) is 22.4. The van der Waals surface area contributed by atoms with Gasteiger partial charge in [0.2, 0.25) is 0 Å². The molecule has 1 aliphatic rings. The second kappa shape index (κ2) is 7.95. The van der Waals surface area contributed by atoms with Crippen LogP contribution in [-0.4, -0.2) is 10.5 Å². The molecule has 1 amide bonds. The Balaban J connectivity index is 1.41. The summed E-state index contributed by atoms with van der Waals surface area (Å²) in [5.74, 6) is -0.0911. The Morgan fingerprint density at radius 1 is 0.788 bits per heavy atom. The number of hydrogen-bond donors (Lipinski definition) is 0. The highest BCUT2D eigenvalue weighted by Gasteiger charge is 2.26. The Hall–Kier alpha value is -3.82. The normalized spacial score (nSPS) is 12.8. The summed E-state index contributed by atoms with van der Waals surface area (Å²) >= 11 is 6.74.